The number of amides is 1. The van der Waals surface area contributed by atoms with Crippen molar-refractivity contribution in [3.63, 3.8) is 0 Å². The van der Waals surface area contributed by atoms with E-state index < -0.39 is 6.10 Å². The SMILES string of the molecule is CN(C)C(=O)c1cccc(CN2C[C@H](O)C[C@@H]2c2cccc(F)c2)c1. The van der Waals surface area contributed by atoms with Gasteiger partial charge in [-0.25, -0.2) is 4.39 Å². The maximum Gasteiger partial charge on any atom is 0.253 e. The van der Waals surface area contributed by atoms with E-state index in [1.807, 2.05) is 24.3 Å². The van der Waals surface area contributed by atoms with Crippen LogP contribution in [0.1, 0.15) is 33.9 Å². The lowest BCUT2D eigenvalue weighted by Gasteiger charge is -2.25. The molecule has 1 fully saturated rings. The van der Waals surface area contributed by atoms with Crippen molar-refractivity contribution in [2.45, 2.75) is 25.1 Å². The quantitative estimate of drug-likeness (QED) is 0.929. The number of hydrogen-bond acceptors (Lipinski definition) is 3. The van der Waals surface area contributed by atoms with E-state index in [4.69, 9.17) is 0 Å². The number of carbonyl (C=O) groups is 1. The van der Waals surface area contributed by atoms with Crippen LogP contribution in [0.15, 0.2) is 48.5 Å². The molecular formula is C20H23FN2O2. The Hall–Kier alpha value is -2.24. The second-order valence-electron chi connectivity index (χ2n) is 6.79. The van der Waals surface area contributed by atoms with Crippen LogP contribution in [-0.2, 0) is 6.54 Å². The summed E-state index contributed by atoms with van der Waals surface area (Å²) < 4.78 is 13.6. The molecule has 1 saturated heterocycles. The molecule has 1 N–H and O–H groups in total. The van der Waals surface area contributed by atoms with E-state index in [1.165, 1.54) is 12.1 Å². The van der Waals surface area contributed by atoms with Crippen LogP contribution in [0.5, 0.6) is 0 Å². The smallest absolute Gasteiger partial charge is 0.253 e. The lowest BCUT2D eigenvalue weighted by Crippen LogP contribution is -2.25. The van der Waals surface area contributed by atoms with Crippen LogP contribution in [0.2, 0.25) is 0 Å². The van der Waals surface area contributed by atoms with E-state index in [1.54, 1.807) is 31.1 Å². The van der Waals surface area contributed by atoms with Gasteiger partial charge in [0.2, 0.25) is 0 Å². The zero-order chi connectivity index (χ0) is 18.0. The largest absolute Gasteiger partial charge is 0.392 e. The number of carbonyl (C=O) groups excluding carboxylic acids is 1. The fourth-order valence-electron chi connectivity index (χ4n) is 3.41. The van der Waals surface area contributed by atoms with Crippen molar-refractivity contribution in [1.82, 2.24) is 9.80 Å². The maximum absolute atomic E-state index is 13.6. The first-order valence-corrected chi connectivity index (χ1v) is 8.42. The number of aliphatic hydroxyl groups excluding tert-OH is 1. The molecule has 0 aliphatic carbocycles. The molecule has 1 amide bonds. The standard InChI is InChI=1S/C20H23FN2O2/c1-22(2)20(25)16-7-3-5-14(9-16)12-23-13-18(24)11-19(23)15-6-4-8-17(21)10-15/h3-10,18-19,24H,11-13H2,1-2H3/t18-,19-/m1/s1. The highest BCUT2D eigenvalue weighted by molar-refractivity contribution is 5.94. The molecule has 2 aromatic rings. The highest BCUT2D eigenvalue weighted by Gasteiger charge is 2.32. The minimum Gasteiger partial charge on any atom is -0.392 e. The summed E-state index contributed by atoms with van der Waals surface area (Å²) in [6.07, 6.45) is 0.152. The number of benzene rings is 2. The number of aliphatic hydroxyl groups is 1. The van der Waals surface area contributed by atoms with Gasteiger partial charge in [0.25, 0.3) is 5.91 Å². The third-order valence-corrected chi connectivity index (χ3v) is 4.58. The van der Waals surface area contributed by atoms with Crippen LogP contribution in [0.25, 0.3) is 0 Å². The molecule has 2 aromatic carbocycles. The molecule has 0 radical (unpaired) electrons. The minimum atomic E-state index is -0.431. The van der Waals surface area contributed by atoms with E-state index in [-0.39, 0.29) is 17.8 Å². The molecular weight excluding hydrogens is 319 g/mol. The Balaban J connectivity index is 1.81. The average Bonchev–Trinajstić information content (AvgIpc) is 2.94. The molecule has 0 aromatic heterocycles. The van der Waals surface area contributed by atoms with Crippen LogP contribution in [0, 0.1) is 5.82 Å². The Bertz CT molecular complexity index is 763. The molecule has 1 aliphatic rings. The lowest BCUT2D eigenvalue weighted by atomic mass is 10.0. The number of likely N-dealkylation sites (tertiary alicyclic amines) is 1. The van der Waals surface area contributed by atoms with Gasteiger partial charge in [-0.15, -0.1) is 0 Å². The molecule has 1 heterocycles. The highest BCUT2D eigenvalue weighted by atomic mass is 19.1. The molecule has 0 bridgehead atoms. The first-order valence-electron chi connectivity index (χ1n) is 8.42. The van der Waals surface area contributed by atoms with Crippen LogP contribution >= 0.6 is 0 Å². The first-order chi connectivity index (χ1) is 11.9. The van der Waals surface area contributed by atoms with Gasteiger partial charge in [0.05, 0.1) is 6.10 Å². The molecule has 1 aliphatic heterocycles. The molecule has 3 rings (SSSR count). The maximum atomic E-state index is 13.6. The molecule has 2 atom stereocenters. The van der Waals surface area contributed by atoms with Crippen LogP contribution in [-0.4, -0.2) is 47.6 Å². The topological polar surface area (TPSA) is 43.8 Å². The zero-order valence-corrected chi connectivity index (χ0v) is 14.5. The molecule has 0 saturated carbocycles. The van der Waals surface area contributed by atoms with Gasteiger partial charge in [-0.3, -0.25) is 9.69 Å². The third kappa shape index (κ3) is 4.06. The van der Waals surface area contributed by atoms with E-state index >= 15 is 0 Å². The van der Waals surface area contributed by atoms with E-state index in [0.29, 0.717) is 25.1 Å². The predicted octanol–water partition coefficient (Wildman–Crippen LogP) is 2.84. The zero-order valence-electron chi connectivity index (χ0n) is 14.5. The van der Waals surface area contributed by atoms with Crippen LogP contribution < -0.4 is 0 Å². The monoisotopic (exact) mass is 342 g/mol. The molecule has 0 unspecified atom stereocenters. The van der Waals surface area contributed by atoms with Gasteiger partial charge in [-0.1, -0.05) is 24.3 Å². The third-order valence-electron chi connectivity index (χ3n) is 4.58. The van der Waals surface area contributed by atoms with Gasteiger partial charge in [0, 0.05) is 38.8 Å². The Labute approximate surface area is 147 Å². The second kappa shape index (κ2) is 7.33. The fraction of sp³-hybridized carbons (Fsp3) is 0.350. The van der Waals surface area contributed by atoms with Gasteiger partial charge in [-0.2, -0.15) is 0 Å². The summed E-state index contributed by atoms with van der Waals surface area (Å²) in [5.74, 6) is -0.303. The predicted molar refractivity (Wildman–Crippen MR) is 94.6 cm³/mol. The summed E-state index contributed by atoms with van der Waals surface area (Å²) in [6.45, 7) is 1.14. The molecule has 5 heteroatoms. The fourth-order valence-corrected chi connectivity index (χ4v) is 3.41. The van der Waals surface area contributed by atoms with Gasteiger partial charge in [0.15, 0.2) is 0 Å². The molecule has 25 heavy (non-hydrogen) atoms. The highest BCUT2D eigenvalue weighted by Crippen LogP contribution is 2.33. The summed E-state index contributed by atoms with van der Waals surface area (Å²) >= 11 is 0. The van der Waals surface area contributed by atoms with E-state index in [2.05, 4.69) is 4.90 Å². The van der Waals surface area contributed by atoms with Crippen molar-refractivity contribution in [1.29, 1.82) is 0 Å². The van der Waals surface area contributed by atoms with Crippen molar-refractivity contribution >= 4 is 5.91 Å². The normalized spacial score (nSPS) is 20.6. The molecule has 0 spiro atoms. The Kier molecular flexibility index (Phi) is 5.16. The summed E-state index contributed by atoms with van der Waals surface area (Å²) in [6, 6.07) is 14.0. The van der Waals surface area contributed by atoms with Crippen molar-refractivity contribution in [2.24, 2.45) is 0 Å². The van der Waals surface area contributed by atoms with Gasteiger partial charge in [-0.05, 0) is 41.8 Å². The van der Waals surface area contributed by atoms with Crippen LogP contribution in [0.3, 0.4) is 0 Å². The summed E-state index contributed by atoms with van der Waals surface area (Å²) in [5.41, 5.74) is 2.52. The Morgan fingerprint density at radius 2 is 2.00 bits per heavy atom. The Morgan fingerprint density at radius 3 is 2.72 bits per heavy atom. The Morgan fingerprint density at radius 1 is 1.24 bits per heavy atom. The number of hydrogen-bond donors (Lipinski definition) is 1. The minimum absolute atomic E-state index is 0.0288. The number of β-amino-alcohol motifs (C(OH)–C–C–N with tert-alkyl or cyclic N) is 1. The summed E-state index contributed by atoms with van der Waals surface area (Å²) in [5, 5.41) is 10.1. The average molecular weight is 342 g/mol. The van der Waals surface area contributed by atoms with E-state index in [9.17, 15) is 14.3 Å². The summed E-state index contributed by atoms with van der Waals surface area (Å²) in [7, 11) is 3.46. The number of rotatable bonds is 4. The lowest BCUT2D eigenvalue weighted by molar-refractivity contribution is 0.0827. The van der Waals surface area contributed by atoms with Gasteiger partial charge >= 0.3 is 0 Å². The van der Waals surface area contributed by atoms with Crippen molar-refractivity contribution < 1.29 is 14.3 Å². The van der Waals surface area contributed by atoms with Gasteiger partial charge < -0.3 is 10.0 Å². The van der Waals surface area contributed by atoms with Gasteiger partial charge in [0.1, 0.15) is 5.82 Å². The molecule has 4 nitrogen and oxygen atoms in total. The van der Waals surface area contributed by atoms with Crippen LogP contribution in [0.4, 0.5) is 4.39 Å². The van der Waals surface area contributed by atoms with Crippen molar-refractivity contribution in [2.75, 3.05) is 20.6 Å². The summed E-state index contributed by atoms with van der Waals surface area (Å²) in [4.78, 5) is 15.8. The second-order valence-corrected chi connectivity index (χ2v) is 6.79. The van der Waals surface area contributed by atoms with Crippen molar-refractivity contribution in [3.8, 4) is 0 Å². The number of halogens is 1. The van der Waals surface area contributed by atoms with Crippen molar-refractivity contribution in [3.05, 3.63) is 71.0 Å². The molecule has 132 valence electrons. The number of nitrogens with zero attached hydrogens (tertiary/aromatic N) is 2. The first kappa shape index (κ1) is 17.6. The van der Waals surface area contributed by atoms with E-state index in [0.717, 1.165) is 11.1 Å².